The fourth-order valence-corrected chi connectivity index (χ4v) is 2.37. The lowest BCUT2D eigenvalue weighted by atomic mass is 10.0. The highest BCUT2D eigenvalue weighted by Gasteiger charge is 2.18. The number of halogens is 1. The lowest BCUT2D eigenvalue weighted by molar-refractivity contribution is -0.117. The van der Waals surface area contributed by atoms with E-state index >= 15 is 0 Å². The number of rotatable bonds is 4. The van der Waals surface area contributed by atoms with Crippen LogP contribution in [0.3, 0.4) is 0 Å². The molecule has 1 N–H and O–H groups in total. The number of nitrogens with zero attached hydrogens (tertiary/aromatic N) is 1. The van der Waals surface area contributed by atoms with Gasteiger partial charge in [0, 0.05) is 12.6 Å². The van der Waals surface area contributed by atoms with Gasteiger partial charge < -0.3 is 5.32 Å². The number of hydrogen-bond donors (Lipinski definition) is 1. The van der Waals surface area contributed by atoms with Crippen molar-refractivity contribution in [3.63, 3.8) is 0 Å². The van der Waals surface area contributed by atoms with Gasteiger partial charge in [-0.2, -0.15) is 0 Å². The second-order valence-electron chi connectivity index (χ2n) is 4.61. The van der Waals surface area contributed by atoms with E-state index in [1.807, 2.05) is 0 Å². The molecule has 2 rings (SSSR count). The number of aromatic nitrogens is 1. The maximum absolute atomic E-state index is 11.7. The molecule has 0 unspecified atom stereocenters. The summed E-state index contributed by atoms with van der Waals surface area (Å²) in [5.74, 6) is 0.952. The van der Waals surface area contributed by atoms with Crippen LogP contribution in [-0.4, -0.2) is 16.1 Å². The topological polar surface area (TPSA) is 59.1 Å². The van der Waals surface area contributed by atoms with E-state index in [1.165, 1.54) is 19.0 Å². The maximum atomic E-state index is 11.7. The van der Waals surface area contributed by atoms with Crippen molar-refractivity contribution in [2.24, 2.45) is 5.92 Å². The third-order valence-corrected chi connectivity index (χ3v) is 3.42. The molecule has 0 aliphatic heterocycles. The van der Waals surface area contributed by atoms with Gasteiger partial charge in [-0.25, -0.2) is 4.98 Å². The molecule has 4 nitrogen and oxygen atoms in total. The van der Waals surface area contributed by atoms with Crippen LogP contribution in [0.15, 0.2) is 18.3 Å². The van der Waals surface area contributed by atoms with E-state index in [4.69, 9.17) is 11.6 Å². The number of carbonyl (C=O) groups excluding carboxylic acids is 2. The molecule has 96 valence electrons. The van der Waals surface area contributed by atoms with Crippen molar-refractivity contribution >= 4 is 28.6 Å². The number of carbonyl (C=O) groups is 2. The Hall–Kier alpha value is -1.42. The van der Waals surface area contributed by atoms with Crippen molar-refractivity contribution in [2.45, 2.75) is 32.1 Å². The lowest BCUT2D eigenvalue weighted by Crippen LogP contribution is -2.16. The van der Waals surface area contributed by atoms with Crippen LogP contribution in [0.1, 0.15) is 42.5 Å². The van der Waals surface area contributed by atoms with Gasteiger partial charge in [0.15, 0.2) is 0 Å². The van der Waals surface area contributed by atoms with Crippen LogP contribution in [0.5, 0.6) is 0 Å². The Bertz CT molecular complexity index is 439. The highest BCUT2D eigenvalue weighted by molar-refractivity contribution is 6.67. The second kappa shape index (κ2) is 5.96. The molecule has 0 bridgehead atoms. The van der Waals surface area contributed by atoms with Gasteiger partial charge in [-0.05, 0) is 42.5 Å². The van der Waals surface area contributed by atoms with Crippen LogP contribution < -0.4 is 5.32 Å². The largest absolute Gasteiger partial charge is 0.311 e. The molecule has 1 amide bonds. The van der Waals surface area contributed by atoms with E-state index < -0.39 is 5.24 Å². The van der Waals surface area contributed by atoms with Crippen molar-refractivity contribution in [3.8, 4) is 0 Å². The summed E-state index contributed by atoms with van der Waals surface area (Å²) < 4.78 is 0. The van der Waals surface area contributed by atoms with E-state index in [-0.39, 0.29) is 5.91 Å². The molecule has 18 heavy (non-hydrogen) atoms. The molecule has 5 heteroatoms. The van der Waals surface area contributed by atoms with Crippen LogP contribution in [0, 0.1) is 5.92 Å². The van der Waals surface area contributed by atoms with Crippen LogP contribution in [0.2, 0.25) is 0 Å². The Morgan fingerprint density at radius 3 is 2.61 bits per heavy atom. The molecule has 1 heterocycles. The first-order valence-electron chi connectivity index (χ1n) is 6.11. The van der Waals surface area contributed by atoms with Gasteiger partial charge in [0.1, 0.15) is 5.82 Å². The van der Waals surface area contributed by atoms with Crippen molar-refractivity contribution in [3.05, 3.63) is 23.9 Å². The van der Waals surface area contributed by atoms with E-state index in [1.54, 1.807) is 12.1 Å². The normalized spacial score (nSPS) is 15.6. The number of nitrogens with one attached hydrogen (secondary N) is 1. The van der Waals surface area contributed by atoms with E-state index in [9.17, 15) is 9.59 Å². The summed E-state index contributed by atoms with van der Waals surface area (Å²) >= 11 is 5.31. The minimum absolute atomic E-state index is 0.0145. The molecule has 0 atom stereocenters. The third-order valence-electron chi connectivity index (χ3n) is 3.21. The van der Waals surface area contributed by atoms with Crippen LogP contribution in [-0.2, 0) is 4.79 Å². The molecule has 1 aliphatic rings. The predicted octanol–water partition coefficient (Wildman–Crippen LogP) is 2.98. The Balaban J connectivity index is 1.88. The zero-order valence-electron chi connectivity index (χ0n) is 9.99. The highest BCUT2D eigenvalue weighted by Crippen LogP contribution is 2.27. The van der Waals surface area contributed by atoms with Crippen molar-refractivity contribution in [1.82, 2.24) is 4.98 Å². The van der Waals surface area contributed by atoms with Gasteiger partial charge in [-0.15, -0.1) is 0 Å². The minimum Gasteiger partial charge on any atom is -0.311 e. The molecule has 1 aromatic heterocycles. The fraction of sp³-hybridized carbons (Fsp3) is 0.462. The fourth-order valence-electron chi connectivity index (χ4n) is 2.25. The van der Waals surface area contributed by atoms with Crippen molar-refractivity contribution in [1.29, 1.82) is 0 Å². The van der Waals surface area contributed by atoms with E-state index in [2.05, 4.69) is 10.3 Å². The Labute approximate surface area is 111 Å². The number of amides is 1. The lowest BCUT2D eigenvalue weighted by Gasteiger charge is -2.08. The minimum atomic E-state index is -0.550. The monoisotopic (exact) mass is 266 g/mol. The van der Waals surface area contributed by atoms with Gasteiger partial charge in [0.25, 0.3) is 5.24 Å². The number of pyridine rings is 1. The van der Waals surface area contributed by atoms with Gasteiger partial charge in [0.2, 0.25) is 5.91 Å². The SMILES string of the molecule is O=C(CC1CCCC1)Nc1ccc(C(=O)Cl)cn1. The Morgan fingerprint density at radius 2 is 2.06 bits per heavy atom. The number of hydrogen-bond acceptors (Lipinski definition) is 3. The Kier molecular flexibility index (Phi) is 4.31. The molecular formula is C13H15ClN2O2. The molecule has 0 aromatic carbocycles. The van der Waals surface area contributed by atoms with Gasteiger partial charge >= 0.3 is 0 Å². The molecule has 0 radical (unpaired) electrons. The summed E-state index contributed by atoms with van der Waals surface area (Å²) in [7, 11) is 0. The molecular weight excluding hydrogens is 252 g/mol. The maximum Gasteiger partial charge on any atom is 0.253 e. The quantitative estimate of drug-likeness (QED) is 0.853. The smallest absolute Gasteiger partial charge is 0.253 e. The average molecular weight is 267 g/mol. The first-order chi connectivity index (χ1) is 8.65. The van der Waals surface area contributed by atoms with E-state index in [0.29, 0.717) is 23.7 Å². The van der Waals surface area contributed by atoms with E-state index in [0.717, 1.165) is 12.8 Å². The summed E-state index contributed by atoms with van der Waals surface area (Å²) in [4.78, 5) is 26.6. The molecule has 1 fully saturated rings. The Morgan fingerprint density at radius 1 is 1.33 bits per heavy atom. The summed E-state index contributed by atoms with van der Waals surface area (Å²) in [6.07, 6.45) is 6.64. The summed E-state index contributed by atoms with van der Waals surface area (Å²) in [6.45, 7) is 0. The first-order valence-corrected chi connectivity index (χ1v) is 6.48. The molecule has 0 spiro atoms. The van der Waals surface area contributed by atoms with Gasteiger partial charge in [-0.1, -0.05) is 12.8 Å². The van der Waals surface area contributed by atoms with Gasteiger partial charge in [0.05, 0.1) is 5.56 Å². The van der Waals surface area contributed by atoms with Crippen LogP contribution >= 0.6 is 11.6 Å². The zero-order valence-corrected chi connectivity index (χ0v) is 10.7. The highest BCUT2D eigenvalue weighted by atomic mass is 35.5. The molecule has 1 aromatic rings. The molecule has 1 saturated carbocycles. The third kappa shape index (κ3) is 3.53. The van der Waals surface area contributed by atoms with Crippen molar-refractivity contribution < 1.29 is 9.59 Å². The van der Waals surface area contributed by atoms with Crippen LogP contribution in [0.4, 0.5) is 5.82 Å². The van der Waals surface area contributed by atoms with Crippen LogP contribution in [0.25, 0.3) is 0 Å². The first kappa shape index (κ1) is 13.0. The zero-order chi connectivity index (χ0) is 13.0. The second-order valence-corrected chi connectivity index (χ2v) is 4.95. The average Bonchev–Trinajstić information content (AvgIpc) is 2.82. The molecule has 1 aliphatic carbocycles. The predicted molar refractivity (Wildman–Crippen MR) is 69.6 cm³/mol. The molecule has 0 saturated heterocycles. The number of anilines is 1. The van der Waals surface area contributed by atoms with Gasteiger partial charge in [-0.3, -0.25) is 9.59 Å². The summed E-state index contributed by atoms with van der Waals surface area (Å²) in [5.41, 5.74) is 0.324. The summed E-state index contributed by atoms with van der Waals surface area (Å²) in [6, 6.07) is 3.13. The standard InChI is InChI=1S/C13H15ClN2O2/c14-13(18)10-5-6-11(15-8-10)16-12(17)7-9-3-1-2-4-9/h5-6,8-9H,1-4,7H2,(H,15,16,17). The van der Waals surface area contributed by atoms with Crippen molar-refractivity contribution in [2.75, 3.05) is 5.32 Å². The summed E-state index contributed by atoms with van der Waals surface area (Å²) in [5, 5.41) is 2.18.